The van der Waals surface area contributed by atoms with E-state index in [1.807, 2.05) is 30.3 Å². The summed E-state index contributed by atoms with van der Waals surface area (Å²) >= 11 is 0. The molecule has 0 aliphatic carbocycles. The number of hydrogen-bond donors (Lipinski definition) is 1. The molecule has 0 saturated carbocycles. The Bertz CT molecular complexity index is 657. The second kappa shape index (κ2) is 4.13. The summed E-state index contributed by atoms with van der Waals surface area (Å²) in [5.74, 6) is 0.497. The minimum absolute atomic E-state index is 0.497. The van der Waals surface area contributed by atoms with Gasteiger partial charge >= 0.3 is 0 Å². The molecular weight excluding hydrogens is 214 g/mol. The highest BCUT2D eigenvalue weighted by Gasteiger charge is 1.96. The lowest BCUT2D eigenvalue weighted by Gasteiger charge is -1.96. The number of imidazole rings is 1. The van der Waals surface area contributed by atoms with E-state index >= 15 is 0 Å². The molecule has 3 rings (SSSR count). The first-order valence-corrected chi connectivity index (χ1v) is 5.18. The van der Waals surface area contributed by atoms with Crippen molar-refractivity contribution in [3.8, 4) is 0 Å². The second-order valence-corrected chi connectivity index (χ2v) is 3.49. The van der Waals surface area contributed by atoms with E-state index in [9.17, 15) is 0 Å². The van der Waals surface area contributed by atoms with Crippen LogP contribution in [0.15, 0.2) is 59.2 Å². The van der Waals surface area contributed by atoms with Crippen LogP contribution in [0, 0.1) is 0 Å². The van der Waals surface area contributed by atoms with E-state index in [0.29, 0.717) is 5.95 Å². The number of rotatable bonds is 2. The molecule has 0 radical (unpaired) electrons. The molecule has 0 aliphatic rings. The van der Waals surface area contributed by atoms with Gasteiger partial charge in [0.05, 0.1) is 11.2 Å². The summed E-state index contributed by atoms with van der Waals surface area (Å²) in [7, 11) is 0. The van der Waals surface area contributed by atoms with Gasteiger partial charge in [-0.25, -0.2) is 4.98 Å². The summed E-state index contributed by atoms with van der Waals surface area (Å²) in [6.07, 6.45) is 5.11. The average Bonchev–Trinajstić information content (AvgIpc) is 2.89. The summed E-state index contributed by atoms with van der Waals surface area (Å²) in [6.45, 7) is 0. The van der Waals surface area contributed by atoms with Crippen molar-refractivity contribution < 1.29 is 0 Å². The Morgan fingerprint density at radius 2 is 2.00 bits per heavy atom. The summed E-state index contributed by atoms with van der Waals surface area (Å²) in [5, 5.41) is 9.13. The van der Waals surface area contributed by atoms with Gasteiger partial charge in [-0.05, 0) is 24.3 Å². The third-order valence-electron chi connectivity index (χ3n) is 2.33. The molecule has 5 heteroatoms. The molecule has 3 aromatic rings. The lowest BCUT2D eigenvalue weighted by molar-refractivity contribution is 1.13. The van der Waals surface area contributed by atoms with Crippen LogP contribution in [0.5, 0.6) is 0 Å². The van der Waals surface area contributed by atoms with Gasteiger partial charge in [0.25, 0.3) is 0 Å². The molecule has 2 aromatic heterocycles. The Morgan fingerprint density at radius 1 is 1.00 bits per heavy atom. The van der Waals surface area contributed by atoms with E-state index in [1.165, 1.54) is 0 Å². The van der Waals surface area contributed by atoms with Crippen molar-refractivity contribution in [1.29, 1.82) is 0 Å². The highest BCUT2D eigenvalue weighted by molar-refractivity contribution is 5.81. The molecule has 2 heterocycles. The van der Waals surface area contributed by atoms with Crippen molar-refractivity contribution in [2.75, 3.05) is 0 Å². The largest absolute Gasteiger partial charge is 0.328 e. The highest BCUT2D eigenvalue weighted by atomic mass is 15.2. The molecule has 82 valence electrons. The first-order chi connectivity index (χ1) is 8.42. The summed E-state index contributed by atoms with van der Waals surface area (Å²) in [6, 6.07) is 9.63. The fraction of sp³-hybridized carbons (Fsp3) is 0. The standard InChI is InChI=1S/C12H9N5/c1-2-9-8-10(3-4-11(9)13-5-1)16-17-12-14-6-7-15-12/h1-8H,(H,14,15). The van der Waals surface area contributed by atoms with Gasteiger partial charge in [-0.15, -0.1) is 10.2 Å². The minimum atomic E-state index is 0.497. The molecule has 0 aliphatic heterocycles. The fourth-order valence-corrected chi connectivity index (χ4v) is 1.54. The van der Waals surface area contributed by atoms with E-state index in [2.05, 4.69) is 25.2 Å². The molecule has 0 bridgehead atoms. The molecule has 0 fully saturated rings. The predicted octanol–water partition coefficient (Wildman–Crippen LogP) is 3.37. The zero-order valence-electron chi connectivity index (χ0n) is 8.91. The van der Waals surface area contributed by atoms with Crippen molar-refractivity contribution in [3.05, 3.63) is 48.9 Å². The first-order valence-electron chi connectivity index (χ1n) is 5.18. The Balaban J connectivity index is 1.96. The number of nitrogens with one attached hydrogen (secondary N) is 1. The Hall–Kier alpha value is -2.56. The van der Waals surface area contributed by atoms with Crippen LogP contribution in [0.1, 0.15) is 0 Å². The van der Waals surface area contributed by atoms with Crippen LogP contribution < -0.4 is 0 Å². The predicted molar refractivity (Wildman–Crippen MR) is 64.5 cm³/mol. The smallest absolute Gasteiger partial charge is 0.246 e. The molecule has 1 N–H and O–H groups in total. The molecule has 0 atom stereocenters. The molecule has 0 spiro atoms. The summed E-state index contributed by atoms with van der Waals surface area (Å²) in [4.78, 5) is 11.1. The number of hydrogen-bond acceptors (Lipinski definition) is 4. The van der Waals surface area contributed by atoms with Gasteiger partial charge < -0.3 is 4.98 Å². The Kier molecular flexibility index (Phi) is 2.34. The minimum Gasteiger partial charge on any atom is -0.328 e. The van der Waals surface area contributed by atoms with Crippen molar-refractivity contribution >= 4 is 22.5 Å². The van der Waals surface area contributed by atoms with E-state index in [1.54, 1.807) is 18.6 Å². The third kappa shape index (κ3) is 2.03. The maximum absolute atomic E-state index is 4.24. The number of pyridine rings is 1. The number of benzene rings is 1. The summed E-state index contributed by atoms with van der Waals surface area (Å²) in [5.41, 5.74) is 1.73. The van der Waals surface area contributed by atoms with Gasteiger partial charge in [-0.2, -0.15) is 0 Å². The van der Waals surface area contributed by atoms with Crippen molar-refractivity contribution in [2.24, 2.45) is 10.2 Å². The third-order valence-corrected chi connectivity index (χ3v) is 2.33. The normalized spacial score (nSPS) is 11.3. The number of aromatic amines is 1. The lowest BCUT2D eigenvalue weighted by atomic mass is 10.2. The summed E-state index contributed by atoms with van der Waals surface area (Å²) < 4.78 is 0. The monoisotopic (exact) mass is 223 g/mol. The van der Waals surface area contributed by atoms with Crippen LogP contribution >= 0.6 is 0 Å². The fourth-order valence-electron chi connectivity index (χ4n) is 1.54. The number of azo groups is 1. The van der Waals surface area contributed by atoms with Crippen molar-refractivity contribution in [2.45, 2.75) is 0 Å². The van der Waals surface area contributed by atoms with Crippen molar-refractivity contribution in [1.82, 2.24) is 15.0 Å². The zero-order chi connectivity index (χ0) is 11.5. The van der Waals surface area contributed by atoms with Crippen LogP contribution in [0.2, 0.25) is 0 Å². The molecule has 0 saturated heterocycles. The Labute approximate surface area is 97.3 Å². The Morgan fingerprint density at radius 3 is 2.88 bits per heavy atom. The molecule has 5 nitrogen and oxygen atoms in total. The average molecular weight is 223 g/mol. The van der Waals surface area contributed by atoms with Crippen LogP contribution in [0.4, 0.5) is 11.6 Å². The van der Waals surface area contributed by atoms with E-state index in [-0.39, 0.29) is 0 Å². The maximum atomic E-state index is 4.24. The topological polar surface area (TPSA) is 66.3 Å². The lowest BCUT2D eigenvalue weighted by Crippen LogP contribution is -1.75. The molecule has 0 unspecified atom stereocenters. The molecule has 0 amide bonds. The van der Waals surface area contributed by atoms with Crippen LogP contribution in [0.3, 0.4) is 0 Å². The van der Waals surface area contributed by atoms with Gasteiger partial charge in [-0.3, -0.25) is 4.98 Å². The second-order valence-electron chi connectivity index (χ2n) is 3.49. The SMILES string of the molecule is c1cnc2ccc(N=Nc3ncc[nH]3)cc2c1. The zero-order valence-corrected chi connectivity index (χ0v) is 8.91. The molecular formula is C12H9N5. The van der Waals surface area contributed by atoms with Gasteiger partial charge in [-0.1, -0.05) is 6.07 Å². The van der Waals surface area contributed by atoms with Gasteiger partial charge in [0.2, 0.25) is 5.95 Å². The number of fused-ring (bicyclic) bond motifs is 1. The molecule has 17 heavy (non-hydrogen) atoms. The van der Waals surface area contributed by atoms with E-state index < -0.39 is 0 Å². The van der Waals surface area contributed by atoms with Crippen LogP contribution in [0.25, 0.3) is 10.9 Å². The van der Waals surface area contributed by atoms with Gasteiger partial charge in [0, 0.05) is 24.0 Å². The van der Waals surface area contributed by atoms with Crippen LogP contribution in [-0.2, 0) is 0 Å². The van der Waals surface area contributed by atoms with Crippen molar-refractivity contribution in [3.63, 3.8) is 0 Å². The number of H-pyrrole nitrogens is 1. The van der Waals surface area contributed by atoms with E-state index in [4.69, 9.17) is 0 Å². The van der Waals surface area contributed by atoms with Gasteiger partial charge in [0.1, 0.15) is 0 Å². The highest BCUT2D eigenvalue weighted by Crippen LogP contribution is 2.20. The maximum Gasteiger partial charge on any atom is 0.246 e. The number of nitrogens with zero attached hydrogens (tertiary/aromatic N) is 4. The van der Waals surface area contributed by atoms with Gasteiger partial charge in [0.15, 0.2) is 0 Å². The van der Waals surface area contributed by atoms with E-state index in [0.717, 1.165) is 16.6 Å². The quantitative estimate of drug-likeness (QED) is 0.677. The van der Waals surface area contributed by atoms with Crippen LogP contribution in [-0.4, -0.2) is 15.0 Å². The molecule has 1 aromatic carbocycles. The first kappa shape index (κ1) is 9.65. The number of aromatic nitrogens is 3.